The summed E-state index contributed by atoms with van der Waals surface area (Å²) in [6.45, 7) is 2.25. The highest BCUT2D eigenvalue weighted by molar-refractivity contribution is 7.90. The Labute approximate surface area is 143 Å². The van der Waals surface area contributed by atoms with E-state index in [4.69, 9.17) is 4.74 Å². The van der Waals surface area contributed by atoms with E-state index in [2.05, 4.69) is 4.90 Å². The Morgan fingerprint density at radius 1 is 0.958 bits per heavy atom. The molecular weight excluding hydrogens is 352 g/mol. The van der Waals surface area contributed by atoms with E-state index in [1.165, 1.54) is 28.6 Å². The maximum absolute atomic E-state index is 13.0. The van der Waals surface area contributed by atoms with Gasteiger partial charge in [-0.1, -0.05) is 0 Å². The summed E-state index contributed by atoms with van der Waals surface area (Å²) in [6.07, 6.45) is 2.35. The lowest BCUT2D eigenvalue weighted by molar-refractivity contribution is -0.0873. The lowest BCUT2D eigenvalue weighted by atomic mass is 10.0. The fourth-order valence-corrected chi connectivity index (χ4v) is 5.63. The first kappa shape index (κ1) is 17.8. The van der Waals surface area contributed by atoms with E-state index in [0.29, 0.717) is 26.0 Å². The normalized spacial score (nSPS) is 22.9. The third-order valence-corrected chi connectivity index (χ3v) is 7.82. The van der Waals surface area contributed by atoms with Gasteiger partial charge in [-0.25, -0.2) is 16.8 Å². The minimum absolute atomic E-state index is 0.0960. The van der Waals surface area contributed by atoms with Crippen molar-refractivity contribution < 1.29 is 21.6 Å². The molecule has 2 aliphatic rings. The smallest absolute Gasteiger partial charge is 0.245 e. The number of sulfone groups is 1. The van der Waals surface area contributed by atoms with Crippen LogP contribution in [0.15, 0.2) is 34.1 Å². The predicted molar refractivity (Wildman–Crippen MR) is 88.9 cm³/mol. The van der Waals surface area contributed by atoms with Crippen LogP contribution in [0.1, 0.15) is 12.8 Å². The topological polar surface area (TPSA) is 84.0 Å². The van der Waals surface area contributed by atoms with Crippen LogP contribution in [0.5, 0.6) is 0 Å². The highest BCUT2D eigenvalue weighted by atomic mass is 32.2. The number of ether oxygens (including phenoxy) is 1. The van der Waals surface area contributed by atoms with Gasteiger partial charge in [0.25, 0.3) is 0 Å². The molecule has 1 aromatic rings. The molecule has 0 N–H and O–H groups in total. The molecule has 0 atom stereocenters. The summed E-state index contributed by atoms with van der Waals surface area (Å²) in [4.78, 5) is 2.35. The van der Waals surface area contributed by atoms with Crippen LogP contribution < -0.4 is 0 Å². The molecular formula is C15H22N2O5S2. The van der Waals surface area contributed by atoms with Gasteiger partial charge in [0.1, 0.15) is 5.72 Å². The first-order valence-electron chi connectivity index (χ1n) is 7.81. The third-order valence-electron chi connectivity index (χ3n) is 4.73. The van der Waals surface area contributed by atoms with Crippen LogP contribution in [0, 0.1) is 0 Å². The number of benzene rings is 1. The Balaban J connectivity index is 1.92. The number of piperidine rings is 1. The van der Waals surface area contributed by atoms with Crippen molar-refractivity contribution in [2.24, 2.45) is 0 Å². The molecule has 1 aromatic carbocycles. The molecule has 0 aliphatic carbocycles. The molecule has 0 aromatic heterocycles. The highest BCUT2D eigenvalue weighted by Gasteiger charge is 2.50. The maximum atomic E-state index is 13.0. The van der Waals surface area contributed by atoms with E-state index >= 15 is 0 Å². The van der Waals surface area contributed by atoms with E-state index in [9.17, 15) is 16.8 Å². The molecule has 2 aliphatic heterocycles. The minimum Gasteiger partial charge on any atom is -0.358 e. The summed E-state index contributed by atoms with van der Waals surface area (Å²) in [7, 11) is -5.08. The number of rotatable bonds is 3. The van der Waals surface area contributed by atoms with Crippen molar-refractivity contribution in [2.45, 2.75) is 28.4 Å². The lowest BCUT2D eigenvalue weighted by Gasteiger charge is -2.41. The van der Waals surface area contributed by atoms with Crippen LogP contribution in [0.2, 0.25) is 0 Å². The fourth-order valence-electron chi connectivity index (χ4n) is 3.28. The molecule has 0 bridgehead atoms. The van der Waals surface area contributed by atoms with E-state index in [1.54, 1.807) is 0 Å². The summed E-state index contributed by atoms with van der Waals surface area (Å²) in [5.74, 6) is 0. The van der Waals surface area contributed by atoms with Gasteiger partial charge in [0.15, 0.2) is 9.84 Å². The number of sulfonamides is 1. The standard InChI is InChI=1S/C15H22N2O5S2/c1-16-9-7-15(8-10-16)17(11-12-22-15)24(20,21)14-5-3-13(4-6-14)23(2,18)19/h3-6H,7-12H2,1-2H3. The summed E-state index contributed by atoms with van der Waals surface area (Å²) in [5.41, 5.74) is -0.777. The Morgan fingerprint density at radius 2 is 1.50 bits per heavy atom. The summed E-state index contributed by atoms with van der Waals surface area (Å²) < 4.78 is 56.4. The Morgan fingerprint density at radius 3 is 2.04 bits per heavy atom. The fraction of sp³-hybridized carbons (Fsp3) is 0.600. The summed E-state index contributed by atoms with van der Waals surface area (Å²) in [5, 5.41) is 0. The average Bonchev–Trinajstić information content (AvgIpc) is 2.94. The van der Waals surface area contributed by atoms with Gasteiger partial charge < -0.3 is 9.64 Å². The molecule has 7 nitrogen and oxygen atoms in total. The van der Waals surface area contributed by atoms with Crippen LogP contribution in [0.3, 0.4) is 0 Å². The van der Waals surface area contributed by atoms with Gasteiger partial charge in [-0.3, -0.25) is 0 Å². The van der Waals surface area contributed by atoms with Crippen molar-refractivity contribution in [1.29, 1.82) is 0 Å². The molecule has 0 saturated carbocycles. The minimum atomic E-state index is -3.73. The van der Waals surface area contributed by atoms with Gasteiger partial charge in [-0.05, 0) is 31.3 Å². The Bertz CT molecular complexity index is 810. The Hall–Kier alpha value is -1.00. The van der Waals surface area contributed by atoms with E-state index in [0.717, 1.165) is 19.3 Å². The van der Waals surface area contributed by atoms with Crippen molar-refractivity contribution in [2.75, 3.05) is 39.5 Å². The molecule has 2 fully saturated rings. The summed E-state index contributed by atoms with van der Waals surface area (Å²) >= 11 is 0. The molecule has 9 heteroatoms. The second-order valence-corrected chi connectivity index (χ2v) is 10.3. The molecule has 3 rings (SSSR count). The lowest BCUT2D eigenvalue weighted by Crippen LogP contribution is -2.54. The van der Waals surface area contributed by atoms with Gasteiger partial charge in [-0.15, -0.1) is 0 Å². The number of hydrogen-bond donors (Lipinski definition) is 0. The number of nitrogens with zero attached hydrogens (tertiary/aromatic N) is 2. The Kier molecular flexibility index (Phi) is 4.50. The molecule has 0 amide bonds. The second kappa shape index (κ2) is 6.06. The highest BCUT2D eigenvalue weighted by Crippen LogP contribution is 2.38. The van der Waals surface area contributed by atoms with Crippen LogP contribution in [-0.2, 0) is 24.6 Å². The molecule has 134 valence electrons. The van der Waals surface area contributed by atoms with Crippen molar-refractivity contribution in [3.63, 3.8) is 0 Å². The van der Waals surface area contributed by atoms with Gasteiger partial charge in [0.2, 0.25) is 10.0 Å². The first-order chi connectivity index (χ1) is 11.2. The first-order valence-corrected chi connectivity index (χ1v) is 11.1. The molecule has 0 unspecified atom stereocenters. The molecule has 0 radical (unpaired) electrons. The van der Waals surface area contributed by atoms with Crippen LogP contribution in [0.25, 0.3) is 0 Å². The number of hydrogen-bond acceptors (Lipinski definition) is 6. The van der Waals surface area contributed by atoms with Crippen molar-refractivity contribution in [3.8, 4) is 0 Å². The molecule has 2 heterocycles. The zero-order valence-electron chi connectivity index (χ0n) is 13.8. The molecule has 2 saturated heterocycles. The average molecular weight is 374 g/mol. The summed E-state index contributed by atoms with van der Waals surface area (Å²) in [6, 6.07) is 5.38. The quantitative estimate of drug-likeness (QED) is 0.768. The van der Waals surface area contributed by atoms with Crippen LogP contribution in [-0.4, -0.2) is 71.3 Å². The molecule has 24 heavy (non-hydrogen) atoms. The van der Waals surface area contributed by atoms with Crippen molar-refractivity contribution in [1.82, 2.24) is 9.21 Å². The SMILES string of the molecule is CN1CCC2(CC1)OCCN2S(=O)(=O)c1ccc(S(C)(=O)=O)cc1. The second-order valence-electron chi connectivity index (χ2n) is 6.42. The van der Waals surface area contributed by atoms with Gasteiger partial charge in [-0.2, -0.15) is 4.31 Å². The molecule has 1 spiro atoms. The third kappa shape index (κ3) is 3.11. The van der Waals surface area contributed by atoms with Gasteiger partial charge in [0, 0.05) is 38.7 Å². The number of likely N-dealkylation sites (tertiary alicyclic amines) is 1. The zero-order valence-corrected chi connectivity index (χ0v) is 15.4. The largest absolute Gasteiger partial charge is 0.358 e. The van der Waals surface area contributed by atoms with E-state index in [-0.39, 0.29) is 9.79 Å². The zero-order chi connectivity index (χ0) is 17.6. The van der Waals surface area contributed by atoms with Crippen LogP contribution >= 0.6 is 0 Å². The van der Waals surface area contributed by atoms with Gasteiger partial charge >= 0.3 is 0 Å². The maximum Gasteiger partial charge on any atom is 0.245 e. The van der Waals surface area contributed by atoms with Gasteiger partial charge in [0.05, 0.1) is 16.4 Å². The van der Waals surface area contributed by atoms with E-state index in [1.807, 2.05) is 7.05 Å². The van der Waals surface area contributed by atoms with Crippen LogP contribution in [0.4, 0.5) is 0 Å². The monoisotopic (exact) mass is 374 g/mol. The van der Waals surface area contributed by atoms with Crippen molar-refractivity contribution >= 4 is 19.9 Å². The van der Waals surface area contributed by atoms with Crippen molar-refractivity contribution in [3.05, 3.63) is 24.3 Å². The van der Waals surface area contributed by atoms with E-state index < -0.39 is 25.6 Å². The predicted octanol–water partition coefficient (Wildman–Crippen LogP) is 0.533.